The highest BCUT2D eigenvalue weighted by molar-refractivity contribution is 7.99. The molecule has 16 heavy (non-hydrogen) atoms. The number of aldehydes is 1. The van der Waals surface area contributed by atoms with Crippen molar-refractivity contribution in [2.24, 2.45) is 0 Å². The summed E-state index contributed by atoms with van der Waals surface area (Å²) in [6.45, 7) is 4.35. The molecule has 1 rings (SSSR count). The Morgan fingerprint density at radius 2 is 1.75 bits per heavy atom. The van der Waals surface area contributed by atoms with Crippen molar-refractivity contribution in [1.82, 2.24) is 4.90 Å². The molecule has 0 bridgehead atoms. The highest BCUT2D eigenvalue weighted by Crippen LogP contribution is 2.25. The molecule has 0 saturated carbocycles. The summed E-state index contributed by atoms with van der Waals surface area (Å²) < 4.78 is 0. The Hall–Kier alpha value is -0.800. The summed E-state index contributed by atoms with van der Waals surface area (Å²) in [5.74, 6) is 0. The maximum Gasteiger partial charge on any atom is 0.141 e. The highest BCUT2D eigenvalue weighted by atomic mass is 32.2. The Morgan fingerprint density at radius 3 is 2.12 bits per heavy atom. The standard InChI is InChI=1S/C13H19NOS/c1-10(2)16-12-7-5-11(6-8-12)13(9-15)14(3)4/h5-10,13H,1-4H3. The molecule has 0 spiro atoms. The molecule has 0 radical (unpaired) electrons. The van der Waals surface area contributed by atoms with Crippen LogP contribution < -0.4 is 0 Å². The maximum absolute atomic E-state index is 11.0. The molecule has 0 aromatic heterocycles. The summed E-state index contributed by atoms with van der Waals surface area (Å²) in [6, 6.07) is 8.09. The molecule has 0 amide bonds. The van der Waals surface area contributed by atoms with Gasteiger partial charge in [0.1, 0.15) is 6.29 Å². The maximum atomic E-state index is 11.0. The monoisotopic (exact) mass is 237 g/mol. The zero-order valence-electron chi connectivity index (χ0n) is 10.3. The number of carbonyl (C=O) groups is 1. The lowest BCUT2D eigenvalue weighted by molar-refractivity contribution is -0.111. The first-order chi connectivity index (χ1) is 7.54. The van der Waals surface area contributed by atoms with E-state index in [2.05, 4.69) is 26.0 Å². The first-order valence-corrected chi connectivity index (χ1v) is 6.31. The molecule has 3 heteroatoms. The van der Waals surface area contributed by atoms with Crippen LogP contribution in [0.2, 0.25) is 0 Å². The van der Waals surface area contributed by atoms with Crippen molar-refractivity contribution in [3.63, 3.8) is 0 Å². The van der Waals surface area contributed by atoms with Gasteiger partial charge in [0.25, 0.3) is 0 Å². The Labute approximate surface area is 102 Å². The lowest BCUT2D eigenvalue weighted by Gasteiger charge is -2.19. The normalized spacial score (nSPS) is 13.1. The van der Waals surface area contributed by atoms with Gasteiger partial charge >= 0.3 is 0 Å². The smallest absolute Gasteiger partial charge is 0.141 e. The second-order valence-corrected chi connectivity index (χ2v) is 5.93. The molecular formula is C13H19NOS. The molecule has 2 nitrogen and oxygen atoms in total. The molecule has 1 aromatic rings. The fourth-order valence-corrected chi connectivity index (χ4v) is 2.35. The van der Waals surface area contributed by atoms with Crippen LogP contribution in [0.1, 0.15) is 25.5 Å². The zero-order chi connectivity index (χ0) is 12.1. The lowest BCUT2D eigenvalue weighted by atomic mass is 10.1. The van der Waals surface area contributed by atoms with Crippen molar-refractivity contribution >= 4 is 18.0 Å². The van der Waals surface area contributed by atoms with Crippen LogP contribution in [0.3, 0.4) is 0 Å². The van der Waals surface area contributed by atoms with Gasteiger partial charge in [-0.25, -0.2) is 0 Å². The van der Waals surface area contributed by atoms with E-state index in [1.54, 1.807) is 0 Å². The van der Waals surface area contributed by atoms with Gasteiger partial charge in [0.15, 0.2) is 0 Å². The van der Waals surface area contributed by atoms with E-state index in [9.17, 15) is 4.79 Å². The topological polar surface area (TPSA) is 20.3 Å². The fraction of sp³-hybridized carbons (Fsp3) is 0.462. The van der Waals surface area contributed by atoms with Crippen molar-refractivity contribution in [2.75, 3.05) is 14.1 Å². The van der Waals surface area contributed by atoms with E-state index in [4.69, 9.17) is 0 Å². The van der Waals surface area contributed by atoms with Crippen molar-refractivity contribution < 1.29 is 4.79 Å². The van der Waals surface area contributed by atoms with Crippen LogP contribution in [-0.2, 0) is 4.79 Å². The molecule has 1 aromatic carbocycles. The van der Waals surface area contributed by atoms with E-state index in [-0.39, 0.29) is 6.04 Å². The molecule has 0 N–H and O–H groups in total. The van der Waals surface area contributed by atoms with E-state index in [0.29, 0.717) is 5.25 Å². The third-order valence-electron chi connectivity index (χ3n) is 2.28. The van der Waals surface area contributed by atoms with Gasteiger partial charge in [-0.1, -0.05) is 26.0 Å². The van der Waals surface area contributed by atoms with Gasteiger partial charge in [0.2, 0.25) is 0 Å². The third kappa shape index (κ3) is 3.65. The van der Waals surface area contributed by atoms with Crippen LogP contribution in [0, 0.1) is 0 Å². The van der Waals surface area contributed by atoms with Crippen LogP contribution in [0.5, 0.6) is 0 Å². The molecule has 1 unspecified atom stereocenters. The van der Waals surface area contributed by atoms with Crippen LogP contribution in [0.15, 0.2) is 29.2 Å². The van der Waals surface area contributed by atoms with E-state index in [0.717, 1.165) is 11.8 Å². The number of nitrogens with zero attached hydrogens (tertiary/aromatic N) is 1. The molecule has 0 aliphatic carbocycles. The van der Waals surface area contributed by atoms with Crippen LogP contribution >= 0.6 is 11.8 Å². The van der Waals surface area contributed by atoms with Crippen LogP contribution in [-0.4, -0.2) is 30.5 Å². The molecule has 0 aliphatic heterocycles. The number of carbonyl (C=O) groups excluding carboxylic acids is 1. The molecule has 1 atom stereocenters. The Bertz CT molecular complexity index is 332. The number of likely N-dealkylation sites (N-methyl/N-ethyl adjacent to an activating group) is 1. The summed E-state index contributed by atoms with van der Waals surface area (Å²) in [7, 11) is 3.83. The molecule has 0 aliphatic rings. The summed E-state index contributed by atoms with van der Waals surface area (Å²) >= 11 is 1.83. The van der Waals surface area contributed by atoms with Gasteiger partial charge in [0, 0.05) is 10.1 Å². The number of benzene rings is 1. The van der Waals surface area contributed by atoms with E-state index in [1.807, 2.05) is 42.9 Å². The molecule has 88 valence electrons. The molecule has 0 saturated heterocycles. The number of thioether (sulfide) groups is 1. The predicted octanol–water partition coefficient (Wildman–Crippen LogP) is 2.99. The van der Waals surface area contributed by atoms with Crippen LogP contribution in [0.4, 0.5) is 0 Å². The zero-order valence-corrected chi connectivity index (χ0v) is 11.1. The van der Waals surface area contributed by atoms with Gasteiger partial charge in [-0.05, 0) is 31.8 Å². The minimum atomic E-state index is -0.141. The van der Waals surface area contributed by atoms with Gasteiger partial charge in [-0.15, -0.1) is 11.8 Å². The van der Waals surface area contributed by atoms with Gasteiger partial charge in [0.05, 0.1) is 6.04 Å². The second-order valence-electron chi connectivity index (χ2n) is 4.28. The minimum Gasteiger partial charge on any atom is -0.301 e. The predicted molar refractivity (Wildman–Crippen MR) is 69.9 cm³/mol. The van der Waals surface area contributed by atoms with Gasteiger partial charge < -0.3 is 4.79 Å². The molecule has 0 fully saturated rings. The van der Waals surface area contributed by atoms with Gasteiger partial charge in [-0.2, -0.15) is 0 Å². The minimum absolute atomic E-state index is 0.141. The largest absolute Gasteiger partial charge is 0.301 e. The van der Waals surface area contributed by atoms with E-state index >= 15 is 0 Å². The Kier molecular flexibility index (Phi) is 5.03. The van der Waals surface area contributed by atoms with Gasteiger partial charge in [-0.3, -0.25) is 4.90 Å². The number of hydrogen-bond acceptors (Lipinski definition) is 3. The molecular weight excluding hydrogens is 218 g/mol. The summed E-state index contributed by atoms with van der Waals surface area (Å²) in [5, 5.41) is 0.585. The first-order valence-electron chi connectivity index (χ1n) is 5.43. The highest BCUT2D eigenvalue weighted by Gasteiger charge is 2.12. The Balaban J connectivity index is 2.81. The number of rotatable bonds is 5. The quantitative estimate of drug-likeness (QED) is 0.580. The summed E-state index contributed by atoms with van der Waals surface area (Å²) in [5.41, 5.74) is 1.05. The number of hydrogen-bond donors (Lipinski definition) is 0. The Morgan fingerprint density at radius 1 is 1.19 bits per heavy atom. The lowest BCUT2D eigenvalue weighted by Crippen LogP contribution is -2.20. The van der Waals surface area contributed by atoms with Crippen molar-refractivity contribution in [3.05, 3.63) is 29.8 Å². The molecule has 0 heterocycles. The first kappa shape index (κ1) is 13.3. The fourth-order valence-electron chi connectivity index (χ4n) is 1.51. The van der Waals surface area contributed by atoms with E-state index < -0.39 is 0 Å². The van der Waals surface area contributed by atoms with Crippen LogP contribution in [0.25, 0.3) is 0 Å². The average molecular weight is 237 g/mol. The van der Waals surface area contributed by atoms with Crippen molar-refractivity contribution in [1.29, 1.82) is 0 Å². The van der Waals surface area contributed by atoms with E-state index in [1.165, 1.54) is 4.90 Å². The SMILES string of the molecule is CC(C)Sc1ccc(C(C=O)N(C)C)cc1. The summed E-state index contributed by atoms with van der Waals surface area (Å²) in [4.78, 5) is 14.1. The summed E-state index contributed by atoms with van der Waals surface area (Å²) in [6.07, 6.45) is 0.977. The second kappa shape index (κ2) is 6.06. The van der Waals surface area contributed by atoms with Crippen molar-refractivity contribution in [3.8, 4) is 0 Å². The average Bonchev–Trinajstić information content (AvgIpc) is 2.20. The van der Waals surface area contributed by atoms with Crippen molar-refractivity contribution in [2.45, 2.75) is 30.0 Å². The third-order valence-corrected chi connectivity index (χ3v) is 3.29.